The molecule has 0 radical (unpaired) electrons. The Hall–Kier alpha value is -3.09. The third-order valence-corrected chi connectivity index (χ3v) is 3.19. The maximum absolute atomic E-state index is 5.49. The van der Waals surface area contributed by atoms with E-state index in [-0.39, 0.29) is 6.61 Å². The first kappa shape index (κ1) is 14.8. The summed E-state index contributed by atoms with van der Waals surface area (Å²) in [6.45, 7) is 2.22. The van der Waals surface area contributed by atoms with Crippen molar-refractivity contribution >= 4 is 5.71 Å². The molecule has 1 aromatic carbocycles. The summed E-state index contributed by atoms with van der Waals surface area (Å²) in [5, 5.41) is 15.8. The van der Waals surface area contributed by atoms with Gasteiger partial charge in [0.1, 0.15) is 0 Å². The second-order valence-electron chi connectivity index (χ2n) is 4.98. The molecule has 0 atom stereocenters. The van der Waals surface area contributed by atoms with Gasteiger partial charge in [-0.1, -0.05) is 41.6 Å². The van der Waals surface area contributed by atoms with Crippen molar-refractivity contribution in [3.8, 4) is 0 Å². The van der Waals surface area contributed by atoms with E-state index in [4.69, 9.17) is 4.84 Å². The first-order valence-electron chi connectivity index (χ1n) is 7.14. The summed E-state index contributed by atoms with van der Waals surface area (Å²) >= 11 is 0. The molecule has 23 heavy (non-hydrogen) atoms. The highest BCUT2D eigenvalue weighted by molar-refractivity contribution is 6.10. The average Bonchev–Trinajstić information content (AvgIpc) is 2.98. The summed E-state index contributed by atoms with van der Waals surface area (Å²) in [5.41, 5.74) is 3.21. The van der Waals surface area contributed by atoms with E-state index in [9.17, 15) is 0 Å². The molecule has 0 saturated heterocycles. The number of benzene rings is 1. The Morgan fingerprint density at radius 2 is 1.96 bits per heavy atom. The highest BCUT2D eigenvalue weighted by Gasteiger charge is 2.14. The number of aromatic nitrogens is 5. The molecule has 116 valence electrons. The van der Waals surface area contributed by atoms with E-state index in [1.54, 1.807) is 11.7 Å². The number of aryl methyl sites for hydroxylation is 2. The minimum Gasteiger partial charge on any atom is -0.389 e. The zero-order valence-corrected chi connectivity index (χ0v) is 12.9. The minimum atomic E-state index is 0.281. The molecule has 0 aliphatic heterocycles. The van der Waals surface area contributed by atoms with E-state index in [0.29, 0.717) is 11.5 Å². The van der Waals surface area contributed by atoms with Crippen molar-refractivity contribution in [2.75, 3.05) is 0 Å². The molecule has 0 unspecified atom stereocenters. The summed E-state index contributed by atoms with van der Waals surface area (Å²) in [5.74, 6) is 0.536. The smallest absolute Gasteiger partial charge is 0.204 e. The monoisotopic (exact) mass is 308 g/mol. The van der Waals surface area contributed by atoms with Crippen molar-refractivity contribution < 1.29 is 4.84 Å². The molecule has 0 saturated carbocycles. The van der Waals surface area contributed by atoms with Crippen LogP contribution in [0.4, 0.5) is 0 Å². The number of tetrazole rings is 1. The molecule has 0 fully saturated rings. The van der Waals surface area contributed by atoms with Gasteiger partial charge in [-0.15, -0.1) is 5.10 Å². The van der Waals surface area contributed by atoms with Gasteiger partial charge in [0.2, 0.25) is 5.82 Å². The van der Waals surface area contributed by atoms with Crippen LogP contribution in [0.25, 0.3) is 0 Å². The second kappa shape index (κ2) is 6.78. The molecule has 0 N–H and O–H groups in total. The molecular weight excluding hydrogens is 292 g/mol. The average molecular weight is 308 g/mol. The molecule has 7 heteroatoms. The Morgan fingerprint density at radius 1 is 1.13 bits per heavy atom. The Bertz CT molecular complexity index is 812. The Labute approximate surface area is 133 Å². The van der Waals surface area contributed by atoms with Gasteiger partial charge in [0.05, 0.1) is 5.69 Å². The molecule has 0 aliphatic rings. The topological polar surface area (TPSA) is 78.1 Å². The lowest BCUT2D eigenvalue weighted by molar-refractivity contribution is 0.128. The Morgan fingerprint density at radius 3 is 2.65 bits per heavy atom. The van der Waals surface area contributed by atoms with Gasteiger partial charge < -0.3 is 4.84 Å². The maximum atomic E-state index is 5.49. The first-order valence-corrected chi connectivity index (χ1v) is 7.14. The van der Waals surface area contributed by atoms with E-state index in [2.05, 4.69) is 25.7 Å². The summed E-state index contributed by atoms with van der Waals surface area (Å²) < 4.78 is 1.56. The molecule has 3 aromatic rings. The molecule has 0 amide bonds. The van der Waals surface area contributed by atoms with E-state index in [1.165, 1.54) is 0 Å². The number of hydrogen-bond acceptors (Lipinski definition) is 6. The summed E-state index contributed by atoms with van der Waals surface area (Å²) in [6, 6.07) is 15.4. The molecule has 7 nitrogen and oxygen atoms in total. The van der Waals surface area contributed by atoms with E-state index >= 15 is 0 Å². The van der Waals surface area contributed by atoms with Crippen LogP contribution in [0.3, 0.4) is 0 Å². The highest BCUT2D eigenvalue weighted by atomic mass is 16.6. The maximum Gasteiger partial charge on any atom is 0.204 e. The number of hydrogen-bond donors (Lipinski definition) is 0. The fraction of sp³-hybridized carbons (Fsp3) is 0.188. The van der Waals surface area contributed by atoms with Gasteiger partial charge in [-0.2, -0.15) is 0 Å². The highest BCUT2D eigenvalue weighted by Crippen LogP contribution is 2.09. The van der Waals surface area contributed by atoms with Crippen molar-refractivity contribution in [2.45, 2.75) is 13.5 Å². The molecule has 2 aromatic heterocycles. The summed E-state index contributed by atoms with van der Waals surface area (Å²) in [7, 11) is 1.76. The number of oxime groups is 1. The van der Waals surface area contributed by atoms with Crippen molar-refractivity contribution in [1.82, 2.24) is 25.2 Å². The van der Waals surface area contributed by atoms with Gasteiger partial charge in [0, 0.05) is 18.3 Å². The van der Waals surface area contributed by atoms with Gasteiger partial charge in [0.25, 0.3) is 0 Å². The lowest BCUT2D eigenvalue weighted by atomic mass is 10.1. The first-order chi connectivity index (χ1) is 11.2. The molecule has 0 bridgehead atoms. The Kier molecular flexibility index (Phi) is 4.37. The zero-order chi connectivity index (χ0) is 16.1. The third-order valence-electron chi connectivity index (χ3n) is 3.19. The number of nitrogens with zero attached hydrogens (tertiary/aromatic N) is 6. The molecular formula is C16H16N6O. The van der Waals surface area contributed by atoms with Crippen LogP contribution in [-0.2, 0) is 18.5 Å². The Balaban J connectivity index is 1.85. The van der Waals surface area contributed by atoms with E-state index < -0.39 is 0 Å². The lowest BCUT2D eigenvalue weighted by Gasteiger charge is -2.06. The van der Waals surface area contributed by atoms with Gasteiger partial charge in [0.15, 0.2) is 12.3 Å². The van der Waals surface area contributed by atoms with Gasteiger partial charge in [-0.25, -0.2) is 4.68 Å². The zero-order valence-electron chi connectivity index (χ0n) is 12.9. The van der Waals surface area contributed by atoms with E-state index in [1.807, 2.05) is 55.5 Å². The number of rotatable bonds is 5. The predicted octanol–water partition coefficient (Wildman–Crippen LogP) is 1.88. The van der Waals surface area contributed by atoms with E-state index in [0.717, 1.165) is 17.0 Å². The third kappa shape index (κ3) is 3.57. The second-order valence-corrected chi connectivity index (χ2v) is 4.98. The van der Waals surface area contributed by atoms with Crippen LogP contribution in [0.15, 0.2) is 53.7 Å². The standard InChI is InChI=1S/C16H16N6O/c1-12-7-6-10-14(17-12)11-23-19-15(13-8-4-3-5-9-13)16-18-20-21-22(16)2/h3-10H,11H2,1-2H3. The van der Waals surface area contributed by atoms with Gasteiger partial charge in [-0.3, -0.25) is 4.98 Å². The SMILES string of the molecule is Cc1cccc(CON=C(c2ccccc2)c2nnnn2C)n1. The quantitative estimate of drug-likeness (QED) is 0.531. The fourth-order valence-corrected chi connectivity index (χ4v) is 2.09. The van der Waals surface area contributed by atoms with Crippen molar-refractivity contribution in [2.24, 2.45) is 12.2 Å². The largest absolute Gasteiger partial charge is 0.389 e. The predicted molar refractivity (Wildman–Crippen MR) is 84.6 cm³/mol. The molecule has 3 rings (SSSR count). The van der Waals surface area contributed by atoms with Crippen molar-refractivity contribution in [1.29, 1.82) is 0 Å². The summed E-state index contributed by atoms with van der Waals surface area (Å²) in [6.07, 6.45) is 0. The van der Waals surface area contributed by atoms with Crippen LogP contribution < -0.4 is 0 Å². The molecule has 2 heterocycles. The summed E-state index contributed by atoms with van der Waals surface area (Å²) in [4.78, 5) is 9.87. The molecule has 0 spiro atoms. The number of pyridine rings is 1. The lowest BCUT2D eigenvalue weighted by Crippen LogP contribution is -2.12. The van der Waals surface area contributed by atoms with Crippen LogP contribution in [0.2, 0.25) is 0 Å². The van der Waals surface area contributed by atoms with Crippen LogP contribution in [0, 0.1) is 6.92 Å². The van der Waals surface area contributed by atoms with Gasteiger partial charge in [-0.05, 0) is 29.5 Å². The molecule has 0 aliphatic carbocycles. The van der Waals surface area contributed by atoms with Crippen molar-refractivity contribution in [3.05, 3.63) is 71.3 Å². The van der Waals surface area contributed by atoms with Crippen LogP contribution in [0.5, 0.6) is 0 Å². The van der Waals surface area contributed by atoms with Crippen LogP contribution in [-0.4, -0.2) is 30.9 Å². The van der Waals surface area contributed by atoms with Gasteiger partial charge >= 0.3 is 0 Å². The fourth-order valence-electron chi connectivity index (χ4n) is 2.09. The van der Waals surface area contributed by atoms with Crippen LogP contribution in [0.1, 0.15) is 22.8 Å². The normalized spacial score (nSPS) is 11.5. The van der Waals surface area contributed by atoms with Crippen LogP contribution >= 0.6 is 0 Å². The minimum absolute atomic E-state index is 0.281. The van der Waals surface area contributed by atoms with Crippen molar-refractivity contribution in [3.63, 3.8) is 0 Å².